The Kier molecular flexibility index (Phi) is 3.91. The Bertz CT molecular complexity index is 644. The van der Waals surface area contributed by atoms with Gasteiger partial charge in [-0.2, -0.15) is 5.10 Å². The van der Waals surface area contributed by atoms with Gasteiger partial charge in [0, 0.05) is 43.3 Å². The summed E-state index contributed by atoms with van der Waals surface area (Å²) in [6.07, 6.45) is 1.81. The van der Waals surface area contributed by atoms with Crippen LogP contribution in [0.15, 0.2) is 28.9 Å². The van der Waals surface area contributed by atoms with Crippen molar-refractivity contribution in [1.82, 2.24) is 14.7 Å². The van der Waals surface area contributed by atoms with E-state index in [0.717, 1.165) is 41.8 Å². The van der Waals surface area contributed by atoms with E-state index in [1.54, 1.807) is 4.68 Å². The number of hydrogen-bond donors (Lipinski definition) is 1. The Morgan fingerprint density at radius 2 is 1.86 bits per heavy atom. The number of nitrogen functional groups attached to an aromatic ring is 1. The van der Waals surface area contributed by atoms with Gasteiger partial charge in [-0.25, -0.2) is 0 Å². The summed E-state index contributed by atoms with van der Waals surface area (Å²) in [4.78, 5) is 4.77. The largest absolute Gasteiger partial charge is 0.383 e. The Hall–Kier alpha value is -1.53. The number of piperazine rings is 1. The molecule has 1 aliphatic heterocycles. The first-order chi connectivity index (χ1) is 10.1. The van der Waals surface area contributed by atoms with Crippen LogP contribution in [-0.4, -0.2) is 47.9 Å². The molecule has 0 unspecified atom stereocenters. The predicted molar refractivity (Wildman–Crippen MR) is 90.5 cm³/mol. The van der Waals surface area contributed by atoms with E-state index in [-0.39, 0.29) is 0 Å². The van der Waals surface area contributed by atoms with Crippen molar-refractivity contribution >= 4 is 27.4 Å². The first kappa shape index (κ1) is 14.4. The Labute approximate surface area is 133 Å². The summed E-state index contributed by atoms with van der Waals surface area (Å²) in [5.74, 6) is 0.689. The SMILES string of the molecule is CN1CCN(c2ccc(-c3cnn(C)c3N)cc2Br)CC1. The van der Waals surface area contributed by atoms with Gasteiger partial charge in [0.15, 0.2) is 0 Å². The first-order valence-electron chi connectivity index (χ1n) is 7.07. The first-order valence-corrected chi connectivity index (χ1v) is 7.86. The van der Waals surface area contributed by atoms with Crippen LogP contribution in [0.5, 0.6) is 0 Å². The van der Waals surface area contributed by atoms with Crippen molar-refractivity contribution < 1.29 is 0 Å². The summed E-state index contributed by atoms with van der Waals surface area (Å²) in [6.45, 7) is 4.32. The van der Waals surface area contributed by atoms with Crippen LogP contribution < -0.4 is 10.6 Å². The Morgan fingerprint density at radius 1 is 1.14 bits per heavy atom. The highest BCUT2D eigenvalue weighted by atomic mass is 79.9. The average molecular weight is 350 g/mol. The molecule has 0 atom stereocenters. The number of aryl methyl sites for hydroxylation is 1. The molecule has 3 rings (SSSR count). The number of nitrogens with zero attached hydrogens (tertiary/aromatic N) is 4. The van der Waals surface area contributed by atoms with Crippen LogP contribution in [0, 0.1) is 0 Å². The molecule has 0 saturated carbocycles. The monoisotopic (exact) mass is 349 g/mol. The quantitative estimate of drug-likeness (QED) is 0.902. The molecule has 0 bridgehead atoms. The molecule has 0 amide bonds. The topological polar surface area (TPSA) is 50.3 Å². The fourth-order valence-electron chi connectivity index (χ4n) is 2.65. The van der Waals surface area contributed by atoms with E-state index in [0.29, 0.717) is 5.82 Å². The van der Waals surface area contributed by atoms with Gasteiger partial charge in [0.25, 0.3) is 0 Å². The van der Waals surface area contributed by atoms with E-state index in [9.17, 15) is 0 Å². The summed E-state index contributed by atoms with van der Waals surface area (Å²) < 4.78 is 2.80. The number of anilines is 2. The predicted octanol–water partition coefficient (Wildman–Crippen LogP) is 2.18. The van der Waals surface area contributed by atoms with Crippen LogP contribution in [0.25, 0.3) is 11.1 Å². The number of aromatic nitrogens is 2. The third-order valence-corrected chi connectivity index (χ3v) is 4.72. The summed E-state index contributed by atoms with van der Waals surface area (Å²) in [7, 11) is 4.02. The van der Waals surface area contributed by atoms with Crippen molar-refractivity contribution in [2.75, 3.05) is 43.9 Å². The summed E-state index contributed by atoms with van der Waals surface area (Å²) in [5, 5.41) is 4.20. The van der Waals surface area contributed by atoms with Crippen molar-refractivity contribution in [3.05, 3.63) is 28.9 Å². The maximum atomic E-state index is 6.05. The van der Waals surface area contributed by atoms with Crippen LogP contribution in [0.1, 0.15) is 0 Å². The standard InChI is InChI=1S/C15H20BrN5/c1-19-5-7-21(8-6-19)14-4-3-11(9-13(14)16)12-10-18-20(2)15(12)17/h3-4,9-10H,5-8,17H2,1-2H3. The second kappa shape index (κ2) is 5.69. The zero-order valence-electron chi connectivity index (χ0n) is 12.4. The summed E-state index contributed by atoms with van der Waals surface area (Å²) >= 11 is 3.70. The third-order valence-electron chi connectivity index (χ3n) is 4.09. The minimum atomic E-state index is 0.689. The molecule has 2 heterocycles. The third kappa shape index (κ3) is 2.78. The molecule has 1 aliphatic rings. The van der Waals surface area contributed by atoms with E-state index >= 15 is 0 Å². The number of likely N-dealkylation sites (N-methyl/N-ethyl adjacent to an activating group) is 1. The highest BCUT2D eigenvalue weighted by Gasteiger charge is 2.17. The minimum Gasteiger partial charge on any atom is -0.383 e. The van der Waals surface area contributed by atoms with Crippen molar-refractivity contribution in [3.8, 4) is 11.1 Å². The van der Waals surface area contributed by atoms with Crippen molar-refractivity contribution in [2.24, 2.45) is 7.05 Å². The van der Waals surface area contributed by atoms with Gasteiger partial charge in [0.2, 0.25) is 0 Å². The second-order valence-electron chi connectivity index (χ2n) is 5.52. The number of rotatable bonds is 2. The fourth-order valence-corrected chi connectivity index (χ4v) is 3.28. The highest BCUT2D eigenvalue weighted by Crippen LogP contribution is 2.33. The molecule has 0 aliphatic carbocycles. The molecule has 1 fully saturated rings. The molecule has 112 valence electrons. The molecule has 2 N–H and O–H groups in total. The van der Waals surface area contributed by atoms with E-state index in [4.69, 9.17) is 5.73 Å². The zero-order valence-corrected chi connectivity index (χ0v) is 14.0. The lowest BCUT2D eigenvalue weighted by Crippen LogP contribution is -2.44. The Balaban J connectivity index is 1.88. The van der Waals surface area contributed by atoms with Crippen LogP contribution in [-0.2, 0) is 7.05 Å². The minimum absolute atomic E-state index is 0.689. The van der Waals surface area contributed by atoms with E-state index in [1.165, 1.54) is 5.69 Å². The number of hydrogen-bond acceptors (Lipinski definition) is 4. The van der Waals surface area contributed by atoms with Gasteiger partial charge < -0.3 is 15.5 Å². The number of halogens is 1. The summed E-state index contributed by atoms with van der Waals surface area (Å²) in [6, 6.07) is 6.41. The lowest BCUT2D eigenvalue weighted by Gasteiger charge is -2.34. The highest BCUT2D eigenvalue weighted by molar-refractivity contribution is 9.10. The fraction of sp³-hybridized carbons (Fsp3) is 0.400. The molecule has 1 aromatic carbocycles. The van der Waals surface area contributed by atoms with Gasteiger partial charge in [-0.15, -0.1) is 0 Å². The van der Waals surface area contributed by atoms with Crippen LogP contribution in [0.4, 0.5) is 11.5 Å². The van der Waals surface area contributed by atoms with Crippen molar-refractivity contribution in [2.45, 2.75) is 0 Å². The second-order valence-corrected chi connectivity index (χ2v) is 6.38. The van der Waals surface area contributed by atoms with Gasteiger partial charge in [0.05, 0.1) is 11.9 Å². The Morgan fingerprint density at radius 3 is 2.43 bits per heavy atom. The number of nitrogens with two attached hydrogens (primary N) is 1. The van der Waals surface area contributed by atoms with E-state index < -0.39 is 0 Å². The maximum absolute atomic E-state index is 6.05. The molecular formula is C15H20BrN5. The van der Waals surface area contributed by atoms with E-state index in [2.05, 4.69) is 56.1 Å². The molecule has 0 spiro atoms. The van der Waals surface area contributed by atoms with Gasteiger partial charge in [-0.05, 0) is 40.7 Å². The smallest absolute Gasteiger partial charge is 0.129 e. The van der Waals surface area contributed by atoms with Crippen LogP contribution in [0.3, 0.4) is 0 Å². The molecule has 2 aromatic rings. The van der Waals surface area contributed by atoms with Gasteiger partial charge in [-0.1, -0.05) is 6.07 Å². The normalized spacial score (nSPS) is 16.4. The van der Waals surface area contributed by atoms with Crippen molar-refractivity contribution in [1.29, 1.82) is 0 Å². The van der Waals surface area contributed by atoms with Crippen molar-refractivity contribution in [3.63, 3.8) is 0 Å². The van der Waals surface area contributed by atoms with Gasteiger partial charge >= 0.3 is 0 Å². The van der Waals surface area contributed by atoms with E-state index in [1.807, 2.05) is 13.2 Å². The zero-order chi connectivity index (χ0) is 15.0. The molecular weight excluding hydrogens is 330 g/mol. The molecule has 0 radical (unpaired) electrons. The molecule has 1 aromatic heterocycles. The molecule has 5 nitrogen and oxygen atoms in total. The molecule has 21 heavy (non-hydrogen) atoms. The summed E-state index contributed by atoms with van der Waals surface area (Å²) in [5.41, 5.74) is 9.36. The lowest BCUT2D eigenvalue weighted by atomic mass is 10.1. The van der Waals surface area contributed by atoms with Crippen LogP contribution >= 0.6 is 15.9 Å². The van der Waals surface area contributed by atoms with Gasteiger partial charge in [-0.3, -0.25) is 4.68 Å². The molecule has 1 saturated heterocycles. The lowest BCUT2D eigenvalue weighted by molar-refractivity contribution is 0.312. The number of benzene rings is 1. The van der Waals surface area contributed by atoms with Crippen LogP contribution in [0.2, 0.25) is 0 Å². The average Bonchev–Trinajstić information content (AvgIpc) is 2.80. The maximum Gasteiger partial charge on any atom is 0.129 e. The molecule has 6 heteroatoms. The van der Waals surface area contributed by atoms with Gasteiger partial charge in [0.1, 0.15) is 5.82 Å².